The van der Waals surface area contributed by atoms with E-state index in [0.29, 0.717) is 24.4 Å². The lowest BCUT2D eigenvalue weighted by atomic mass is 10.1. The summed E-state index contributed by atoms with van der Waals surface area (Å²) < 4.78 is 5.32. The number of morpholine rings is 1. The van der Waals surface area contributed by atoms with E-state index in [2.05, 4.69) is 5.32 Å². The Bertz CT molecular complexity index is 553. The molecule has 1 atom stereocenters. The lowest BCUT2D eigenvalue weighted by Gasteiger charge is -2.29. The van der Waals surface area contributed by atoms with E-state index in [-0.39, 0.29) is 24.0 Å². The van der Waals surface area contributed by atoms with Gasteiger partial charge in [-0.25, -0.2) is 0 Å². The molecule has 0 radical (unpaired) electrons. The van der Waals surface area contributed by atoms with Gasteiger partial charge in [0.1, 0.15) is 6.10 Å². The number of nitrogens with zero attached hydrogens (tertiary/aromatic N) is 1. The Morgan fingerprint density at radius 2 is 2.00 bits per heavy atom. The van der Waals surface area contributed by atoms with Crippen molar-refractivity contribution in [3.63, 3.8) is 0 Å². The summed E-state index contributed by atoms with van der Waals surface area (Å²) in [6.07, 6.45) is -0.738. The van der Waals surface area contributed by atoms with E-state index in [1.807, 2.05) is 0 Å². The number of carbonyl (C=O) groups excluding carboxylic acids is 3. The van der Waals surface area contributed by atoms with Gasteiger partial charge in [-0.1, -0.05) is 0 Å². The first kappa shape index (κ1) is 15.2. The number of Topliss-reactive ketones (excluding diaryl/α,β-unsaturated/α-hetero) is 1. The Balaban J connectivity index is 1.92. The minimum atomic E-state index is -0.722. The fourth-order valence-electron chi connectivity index (χ4n) is 2.07. The molecule has 1 aliphatic heterocycles. The zero-order chi connectivity index (χ0) is 15.4. The zero-order valence-electron chi connectivity index (χ0n) is 12.1. The van der Waals surface area contributed by atoms with Crippen LogP contribution in [0.3, 0.4) is 0 Å². The Kier molecular flexibility index (Phi) is 4.70. The molecule has 1 heterocycles. The van der Waals surface area contributed by atoms with Crippen LogP contribution in [-0.2, 0) is 14.3 Å². The molecular weight excluding hydrogens is 272 g/mol. The smallest absolute Gasteiger partial charge is 0.252 e. The first-order valence-electron chi connectivity index (χ1n) is 6.75. The van der Waals surface area contributed by atoms with E-state index < -0.39 is 6.10 Å². The second-order valence-corrected chi connectivity index (χ2v) is 5.01. The van der Waals surface area contributed by atoms with Crippen LogP contribution in [0.25, 0.3) is 0 Å². The van der Waals surface area contributed by atoms with E-state index in [9.17, 15) is 14.4 Å². The molecule has 0 aromatic heterocycles. The fraction of sp³-hybridized carbons (Fsp3) is 0.400. The van der Waals surface area contributed by atoms with Crippen molar-refractivity contribution in [1.82, 2.24) is 4.90 Å². The third-order valence-corrected chi connectivity index (χ3v) is 3.34. The topological polar surface area (TPSA) is 75.7 Å². The lowest BCUT2D eigenvalue weighted by Crippen LogP contribution is -2.46. The van der Waals surface area contributed by atoms with Gasteiger partial charge in [-0.15, -0.1) is 0 Å². The highest BCUT2D eigenvalue weighted by Crippen LogP contribution is 2.13. The summed E-state index contributed by atoms with van der Waals surface area (Å²) in [5.41, 5.74) is 1.17. The van der Waals surface area contributed by atoms with Crippen LogP contribution in [0.15, 0.2) is 24.3 Å². The van der Waals surface area contributed by atoms with Crippen molar-refractivity contribution in [3.05, 3.63) is 29.8 Å². The number of carbonyl (C=O) groups is 3. The van der Waals surface area contributed by atoms with Crippen LogP contribution >= 0.6 is 0 Å². The molecule has 1 N–H and O–H groups in total. The number of likely N-dealkylation sites (N-methyl/N-ethyl adjacent to an activating group) is 1. The standard InChI is InChI=1S/C15H18N2O4/c1-10(18)11-3-5-12(6-4-11)16-14(19)9-13-15(20)17(2)7-8-21-13/h3-6,13H,7-9H2,1-2H3,(H,16,19). The van der Waals surface area contributed by atoms with Crippen LogP contribution in [0, 0.1) is 0 Å². The van der Waals surface area contributed by atoms with Crippen LogP contribution in [0.5, 0.6) is 0 Å². The predicted octanol–water partition coefficient (Wildman–Crippen LogP) is 1.07. The highest BCUT2D eigenvalue weighted by molar-refractivity contribution is 5.97. The molecule has 1 unspecified atom stereocenters. The molecular formula is C15H18N2O4. The van der Waals surface area contributed by atoms with Gasteiger partial charge in [0, 0.05) is 24.8 Å². The number of nitrogens with one attached hydrogen (secondary N) is 1. The molecule has 1 saturated heterocycles. The number of hydrogen-bond acceptors (Lipinski definition) is 4. The number of anilines is 1. The van der Waals surface area contributed by atoms with Crippen LogP contribution in [-0.4, -0.2) is 48.8 Å². The van der Waals surface area contributed by atoms with Crippen molar-refractivity contribution < 1.29 is 19.1 Å². The van der Waals surface area contributed by atoms with Gasteiger partial charge >= 0.3 is 0 Å². The first-order chi connectivity index (χ1) is 9.97. The summed E-state index contributed by atoms with van der Waals surface area (Å²) in [5, 5.41) is 2.69. The molecule has 6 nitrogen and oxygen atoms in total. The van der Waals surface area contributed by atoms with Crippen LogP contribution in [0.1, 0.15) is 23.7 Å². The third kappa shape index (κ3) is 3.88. The highest BCUT2D eigenvalue weighted by atomic mass is 16.5. The number of ether oxygens (including phenoxy) is 1. The molecule has 2 rings (SSSR count). The number of hydrogen-bond donors (Lipinski definition) is 1. The minimum Gasteiger partial charge on any atom is -0.366 e. The molecule has 2 amide bonds. The molecule has 1 aliphatic rings. The van der Waals surface area contributed by atoms with E-state index in [1.54, 1.807) is 36.2 Å². The van der Waals surface area contributed by atoms with Crippen molar-refractivity contribution in [3.8, 4) is 0 Å². The number of amides is 2. The van der Waals surface area contributed by atoms with Crippen LogP contribution < -0.4 is 5.32 Å². The number of ketones is 1. The normalized spacial score (nSPS) is 18.5. The Morgan fingerprint density at radius 3 is 2.62 bits per heavy atom. The first-order valence-corrected chi connectivity index (χ1v) is 6.75. The Morgan fingerprint density at radius 1 is 1.33 bits per heavy atom. The van der Waals surface area contributed by atoms with Gasteiger partial charge < -0.3 is 15.0 Å². The predicted molar refractivity (Wildman–Crippen MR) is 77.1 cm³/mol. The number of benzene rings is 1. The summed E-state index contributed by atoms with van der Waals surface area (Å²) in [7, 11) is 1.69. The van der Waals surface area contributed by atoms with Crippen molar-refractivity contribution >= 4 is 23.3 Å². The zero-order valence-corrected chi connectivity index (χ0v) is 12.1. The second-order valence-electron chi connectivity index (χ2n) is 5.01. The monoisotopic (exact) mass is 290 g/mol. The van der Waals surface area contributed by atoms with Gasteiger partial charge in [0.2, 0.25) is 5.91 Å². The minimum absolute atomic E-state index is 0.0162. The molecule has 21 heavy (non-hydrogen) atoms. The highest BCUT2D eigenvalue weighted by Gasteiger charge is 2.29. The SMILES string of the molecule is CC(=O)c1ccc(NC(=O)CC2OCCN(C)C2=O)cc1. The van der Waals surface area contributed by atoms with Crippen molar-refractivity contribution in [2.75, 3.05) is 25.5 Å². The summed E-state index contributed by atoms with van der Waals surface area (Å²) in [5.74, 6) is -0.500. The molecule has 0 bridgehead atoms. The van der Waals surface area contributed by atoms with Gasteiger partial charge in [0.25, 0.3) is 5.91 Å². The van der Waals surface area contributed by atoms with Gasteiger partial charge in [-0.3, -0.25) is 14.4 Å². The van der Waals surface area contributed by atoms with Crippen molar-refractivity contribution in [2.24, 2.45) is 0 Å². The van der Waals surface area contributed by atoms with Gasteiger partial charge in [-0.05, 0) is 31.2 Å². The van der Waals surface area contributed by atoms with Crippen molar-refractivity contribution in [1.29, 1.82) is 0 Å². The molecule has 112 valence electrons. The summed E-state index contributed by atoms with van der Waals surface area (Å²) in [4.78, 5) is 36.5. The van der Waals surface area contributed by atoms with E-state index in [0.717, 1.165) is 0 Å². The summed E-state index contributed by atoms with van der Waals surface area (Å²) >= 11 is 0. The van der Waals surface area contributed by atoms with Crippen molar-refractivity contribution in [2.45, 2.75) is 19.4 Å². The fourth-order valence-corrected chi connectivity index (χ4v) is 2.07. The van der Waals surface area contributed by atoms with Gasteiger partial charge in [0.05, 0.1) is 13.0 Å². The largest absolute Gasteiger partial charge is 0.366 e. The molecule has 1 fully saturated rings. The molecule has 1 aromatic carbocycles. The molecule has 0 aliphatic carbocycles. The molecule has 1 aromatic rings. The van der Waals surface area contributed by atoms with Crippen LogP contribution in [0.4, 0.5) is 5.69 Å². The van der Waals surface area contributed by atoms with Gasteiger partial charge in [0.15, 0.2) is 5.78 Å². The maximum atomic E-state index is 11.9. The Hall–Kier alpha value is -2.21. The lowest BCUT2D eigenvalue weighted by molar-refractivity contribution is -0.153. The molecule has 0 saturated carbocycles. The average Bonchev–Trinajstić information content (AvgIpc) is 2.44. The van der Waals surface area contributed by atoms with Gasteiger partial charge in [-0.2, -0.15) is 0 Å². The third-order valence-electron chi connectivity index (χ3n) is 3.34. The second kappa shape index (κ2) is 6.49. The maximum absolute atomic E-state index is 11.9. The summed E-state index contributed by atoms with van der Waals surface area (Å²) in [6, 6.07) is 6.61. The molecule has 6 heteroatoms. The quantitative estimate of drug-likeness (QED) is 0.842. The molecule has 0 spiro atoms. The van der Waals surface area contributed by atoms with Crippen LogP contribution in [0.2, 0.25) is 0 Å². The van der Waals surface area contributed by atoms with E-state index in [1.165, 1.54) is 6.92 Å². The average molecular weight is 290 g/mol. The van der Waals surface area contributed by atoms with E-state index >= 15 is 0 Å². The number of rotatable bonds is 4. The van der Waals surface area contributed by atoms with E-state index in [4.69, 9.17) is 4.74 Å². The summed E-state index contributed by atoms with van der Waals surface area (Å²) in [6.45, 7) is 2.47. The maximum Gasteiger partial charge on any atom is 0.252 e. The Labute approximate surface area is 123 Å².